The number of amides is 1. The van der Waals surface area contributed by atoms with E-state index >= 15 is 0 Å². The van der Waals surface area contributed by atoms with E-state index in [-0.39, 0.29) is 25.1 Å². The van der Waals surface area contributed by atoms with Gasteiger partial charge >= 0.3 is 5.97 Å². The van der Waals surface area contributed by atoms with E-state index in [0.29, 0.717) is 6.61 Å². The molecule has 0 saturated carbocycles. The number of ether oxygens (including phenoxy) is 2. The predicted octanol–water partition coefficient (Wildman–Crippen LogP) is 1.68. The Morgan fingerprint density at radius 1 is 1.39 bits per heavy atom. The fourth-order valence-corrected chi connectivity index (χ4v) is 2.53. The Morgan fingerprint density at radius 3 is 2.74 bits per heavy atom. The summed E-state index contributed by atoms with van der Waals surface area (Å²) in [5.74, 6) is -1.37. The highest BCUT2D eigenvalue weighted by molar-refractivity contribution is 5.84. The van der Waals surface area contributed by atoms with Crippen LogP contribution in [0.15, 0.2) is 30.3 Å². The fraction of sp³-hybridized carbons (Fsp3) is 0.529. The summed E-state index contributed by atoms with van der Waals surface area (Å²) in [5, 5.41) is 9.04. The highest BCUT2D eigenvalue weighted by Crippen LogP contribution is 2.14. The number of aliphatic carboxylic acids is 1. The van der Waals surface area contributed by atoms with Gasteiger partial charge in [0.1, 0.15) is 12.6 Å². The van der Waals surface area contributed by atoms with Crippen LogP contribution in [0.4, 0.5) is 0 Å². The molecule has 6 nitrogen and oxygen atoms in total. The normalized spacial score (nSPS) is 18.6. The zero-order chi connectivity index (χ0) is 16.7. The van der Waals surface area contributed by atoms with Gasteiger partial charge in [-0.1, -0.05) is 30.3 Å². The van der Waals surface area contributed by atoms with Gasteiger partial charge in [0.15, 0.2) is 0 Å². The number of rotatable bonds is 8. The minimum absolute atomic E-state index is 0.0345. The van der Waals surface area contributed by atoms with Gasteiger partial charge in [0.25, 0.3) is 5.91 Å². The molecule has 0 radical (unpaired) electrons. The Balaban J connectivity index is 1.92. The van der Waals surface area contributed by atoms with Crippen LogP contribution >= 0.6 is 0 Å². The molecular formula is C17H23NO5. The van der Waals surface area contributed by atoms with E-state index in [1.807, 2.05) is 30.3 Å². The van der Waals surface area contributed by atoms with E-state index in [1.54, 1.807) is 6.92 Å². The van der Waals surface area contributed by atoms with Crippen molar-refractivity contribution in [2.45, 2.75) is 38.5 Å². The lowest BCUT2D eigenvalue weighted by Gasteiger charge is -2.25. The summed E-state index contributed by atoms with van der Waals surface area (Å²) in [6.07, 6.45) is 1.29. The summed E-state index contributed by atoms with van der Waals surface area (Å²) < 4.78 is 11.0. The SMILES string of the molecule is CC(OCC1CCCO1)C(=O)N(CC(=O)O)Cc1ccccc1. The molecule has 1 amide bonds. The molecule has 1 aromatic rings. The number of hydrogen-bond acceptors (Lipinski definition) is 4. The molecule has 0 bridgehead atoms. The smallest absolute Gasteiger partial charge is 0.323 e. The van der Waals surface area contributed by atoms with Gasteiger partial charge in [-0.05, 0) is 25.3 Å². The van der Waals surface area contributed by atoms with E-state index < -0.39 is 12.1 Å². The molecule has 23 heavy (non-hydrogen) atoms. The molecular weight excluding hydrogens is 298 g/mol. The Hall–Kier alpha value is -1.92. The van der Waals surface area contributed by atoms with Crippen LogP contribution in [-0.4, -0.2) is 53.8 Å². The number of carbonyl (C=O) groups is 2. The second-order valence-corrected chi connectivity index (χ2v) is 5.68. The largest absolute Gasteiger partial charge is 0.480 e. The first kappa shape index (κ1) is 17.4. The third-order valence-corrected chi connectivity index (χ3v) is 3.76. The third-order valence-electron chi connectivity index (χ3n) is 3.76. The van der Waals surface area contributed by atoms with Crippen molar-refractivity contribution in [3.63, 3.8) is 0 Å². The number of benzene rings is 1. The standard InChI is InChI=1S/C17H23NO5/c1-13(23-12-15-8-5-9-22-15)17(21)18(11-16(19)20)10-14-6-3-2-4-7-14/h2-4,6-7,13,15H,5,8-12H2,1H3,(H,19,20). The number of hydrogen-bond donors (Lipinski definition) is 1. The third kappa shape index (κ3) is 5.65. The summed E-state index contributed by atoms with van der Waals surface area (Å²) in [5.41, 5.74) is 0.883. The van der Waals surface area contributed by atoms with E-state index in [4.69, 9.17) is 14.6 Å². The van der Waals surface area contributed by atoms with Gasteiger partial charge in [-0.2, -0.15) is 0 Å². The van der Waals surface area contributed by atoms with Gasteiger partial charge < -0.3 is 19.5 Å². The molecule has 1 saturated heterocycles. The highest BCUT2D eigenvalue weighted by Gasteiger charge is 2.25. The number of carbonyl (C=O) groups excluding carboxylic acids is 1. The summed E-state index contributed by atoms with van der Waals surface area (Å²) in [4.78, 5) is 24.8. The highest BCUT2D eigenvalue weighted by atomic mass is 16.5. The minimum atomic E-state index is -1.04. The minimum Gasteiger partial charge on any atom is -0.480 e. The van der Waals surface area contributed by atoms with Gasteiger partial charge in [0.2, 0.25) is 0 Å². The maximum Gasteiger partial charge on any atom is 0.323 e. The summed E-state index contributed by atoms with van der Waals surface area (Å²) >= 11 is 0. The van der Waals surface area contributed by atoms with Gasteiger partial charge in [0, 0.05) is 13.2 Å². The molecule has 1 fully saturated rings. The molecule has 126 valence electrons. The van der Waals surface area contributed by atoms with E-state index in [1.165, 1.54) is 4.90 Å². The van der Waals surface area contributed by atoms with Crippen molar-refractivity contribution in [2.24, 2.45) is 0 Å². The lowest BCUT2D eigenvalue weighted by Crippen LogP contribution is -2.42. The second kappa shape index (κ2) is 8.64. The summed E-state index contributed by atoms with van der Waals surface area (Å²) in [6, 6.07) is 9.31. The predicted molar refractivity (Wildman–Crippen MR) is 83.9 cm³/mol. The topological polar surface area (TPSA) is 76.1 Å². The molecule has 1 N–H and O–H groups in total. The first-order valence-electron chi connectivity index (χ1n) is 7.84. The molecule has 1 aromatic carbocycles. The van der Waals surface area contributed by atoms with Crippen LogP contribution in [0.25, 0.3) is 0 Å². The monoisotopic (exact) mass is 321 g/mol. The van der Waals surface area contributed by atoms with Gasteiger partial charge in [-0.25, -0.2) is 0 Å². The van der Waals surface area contributed by atoms with Gasteiger partial charge in [-0.15, -0.1) is 0 Å². The van der Waals surface area contributed by atoms with Gasteiger partial charge in [-0.3, -0.25) is 9.59 Å². The average molecular weight is 321 g/mol. The van der Waals surface area contributed by atoms with Crippen LogP contribution in [0.5, 0.6) is 0 Å². The first-order chi connectivity index (χ1) is 11.1. The van der Waals surface area contributed by atoms with Crippen LogP contribution in [0, 0.1) is 0 Å². The zero-order valence-electron chi connectivity index (χ0n) is 13.3. The van der Waals surface area contributed by atoms with Crippen molar-refractivity contribution in [2.75, 3.05) is 19.8 Å². The van der Waals surface area contributed by atoms with Crippen molar-refractivity contribution >= 4 is 11.9 Å². The van der Waals surface area contributed by atoms with Crippen LogP contribution in [0.2, 0.25) is 0 Å². The van der Waals surface area contributed by atoms with Crippen LogP contribution in [-0.2, 0) is 25.6 Å². The Kier molecular flexibility index (Phi) is 6.55. The van der Waals surface area contributed by atoms with E-state index in [0.717, 1.165) is 25.0 Å². The molecule has 2 unspecified atom stereocenters. The van der Waals surface area contributed by atoms with Crippen LogP contribution in [0.3, 0.4) is 0 Å². The first-order valence-corrected chi connectivity index (χ1v) is 7.84. The molecule has 1 heterocycles. The van der Waals surface area contributed by atoms with Crippen molar-refractivity contribution in [3.8, 4) is 0 Å². The Labute approximate surface area is 136 Å². The zero-order valence-corrected chi connectivity index (χ0v) is 13.3. The molecule has 1 aliphatic rings. The summed E-state index contributed by atoms with van der Waals surface area (Å²) in [6.45, 7) is 2.65. The number of carboxylic acids is 1. The quantitative estimate of drug-likeness (QED) is 0.788. The van der Waals surface area contributed by atoms with Crippen molar-refractivity contribution in [3.05, 3.63) is 35.9 Å². The molecule has 2 rings (SSSR count). The average Bonchev–Trinajstić information content (AvgIpc) is 3.05. The van der Waals surface area contributed by atoms with Crippen molar-refractivity contribution in [1.82, 2.24) is 4.90 Å². The summed E-state index contributed by atoms with van der Waals surface area (Å²) in [7, 11) is 0. The van der Waals surface area contributed by atoms with Crippen molar-refractivity contribution in [1.29, 1.82) is 0 Å². The lowest BCUT2D eigenvalue weighted by molar-refractivity contribution is -0.152. The van der Waals surface area contributed by atoms with Crippen molar-refractivity contribution < 1.29 is 24.2 Å². The van der Waals surface area contributed by atoms with Crippen LogP contribution < -0.4 is 0 Å². The maximum atomic E-state index is 12.5. The molecule has 1 aliphatic heterocycles. The number of nitrogens with zero attached hydrogens (tertiary/aromatic N) is 1. The molecule has 0 aromatic heterocycles. The van der Waals surface area contributed by atoms with E-state index in [9.17, 15) is 9.59 Å². The molecule has 2 atom stereocenters. The van der Waals surface area contributed by atoms with Gasteiger partial charge in [0.05, 0.1) is 12.7 Å². The molecule has 0 aliphatic carbocycles. The molecule has 6 heteroatoms. The second-order valence-electron chi connectivity index (χ2n) is 5.68. The van der Waals surface area contributed by atoms with Crippen LogP contribution in [0.1, 0.15) is 25.3 Å². The fourth-order valence-electron chi connectivity index (χ4n) is 2.53. The Morgan fingerprint density at radius 2 is 2.13 bits per heavy atom. The number of carboxylic acid groups (broad SMARTS) is 1. The molecule has 0 spiro atoms. The van der Waals surface area contributed by atoms with E-state index in [2.05, 4.69) is 0 Å². The Bertz CT molecular complexity index is 513. The maximum absolute atomic E-state index is 12.5. The lowest BCUT2D eigenvalue weighted by atomic mass is 10.2.